The van der Waals surface area contributed by atoms with Crippen molar-refractivity contribution in [1.82, 2.24) is 14.8 Å². The fourth-order valence-electron chi connectivity index (χ4n) is 3.11. The molecule has 0 aliphatic heterocycles. The maximum atomic E-state index is 12.6. The summed E-state index contributed by atoms with van der Waals surface area (Å²) in [5.74, 6) is 1.18. The van der Waals surface area contributed by atoms with E-state index in [1.165, 1.54) is 0 Å². The number of ether oxygens (including phenoxy) is 1. The normalized spacial score (nSPS) is 10.6. The molecule has 8 heteroatoms. The molecule has 1 heterocycles. The minimum absolute atomic E-state index is 0.0640. The van der Waals surface area contributed by atoms with Gasteiger partial charge in [0.2, 0.25) is 5.91 Å². The molecule has 152 valence electrons. The molecule has 3 aromatic rings. The second-order valence-corrected chi connectivity index (χ2v) is 6.82. The first-order valence-corrected chi connectivity index (χ1v) is 9.91. The van der Waals surface area contributed by atoms with Gasteiger partial charge in [0, 0.05) is 30.0 Å². The first-order chi connectivity index (χ1) is 14.0. The number of carbonyl (C=O) groups excluding carboxylic acids is 1. The molecule has 29 heavy (non-hydrogen) atoms. The van der Waals surface area contributed by atoms with Crippen LogP contribution in [0.2, 0.25) is 0 Å². The number of rotatable bonds is 8. The van der Waals surface area contributed by atoms with Crippen molar-refractivity contribution in [1.29, 1.82) is 0 Å². The highest BCUT2D eigenvalue weighted by Gasteiger charge is 2.13. The van der Waals surface area contributed by atoms with Crippen molar-refractivity contribution in [3.63, 3.8) is 0 Å². The number of nitrogens with zero attached hydrogens (tertiary/aromatic N) is 3. The summed E-state index contributed by atoms with van der Waals surface area (Å²) in [7, 11) is 1.62. The van der Waals surface area contributed by atoms with Crippen LogP contribution in [0, 0.1) is 4.77 Å². The second-order valence-electron chi connectivity index (χ2n) is 6.43. The zero-order valence-electron chi connectivity index (χ0n) is 16.8. The number of aromatic nitrogens is 3. The molecule has 0 saturated heterocycles. The zero-order chi connectivity index (χ0) is 20.8. The van der Waals surface area contributed by atoms with Crippen LogP contribution in [0.5, 0.6) is 5.75 Å². The van der Waals surface area contributed by atoms with E-state index in [0.717, 1.165) is 35.8 Å². The summed E-state index contributed by atoms with van der Waals surface area (Å²) in [6.07, 6.45) is 0. The van der Waals surface area contributed by atoms with Crippen LogP contribution in [0.1, 0.15) is 13.8 Å². The van der Waals surface area contributed by atoms with Gasteiger partial charge in [-0.05, 0) is 74.6 Å². The molecule has 0 saturated carbocycles. The number of methoxy groups -OCH3 is 1. The van der Waals surface area contributed by atoms with Crippen LogP contribution < -0.4 is 15.0 Å². The van der Waals surface area contributed by atoms with E-state index in [2.05, 4.69) is 34.3 Å². The van der Waals surface area contributed by atoms with Crippen LogP contribution in [0.25, 0.3) is 11.4 Å². The van der Waals surface area contributed by atoms with Gasteiger partial charge in [-0.15, -0.1) is 0 Å². The number of nitrogens with one attached hydrogen (secondary N) is 2. The fraction of sp³-hybridized carbons (Fsp3) is 0.286. The smallest absolute Gasteiger partial charge is 0.244 e. The number of hydrogen-bond donors (Lipinski definition) is 2. The Hall–Kier alpha value is -3.13. The number of anilines is 2. The van der Waals surface area contributed by atoms with Gasteiger partial charge in [-0.1, -0.05) is 0 Å². The Bertz CT molecular complexity index is 1000. The van der Waals surface area contributed by atoms with E-state index < -0.39 is 0 Å². The highest BCUT2D eigenvalue weighted by Crippen LogP contribution is 2.21. The lowest BCUT2D eigenvalue weighted by Crippen LogP contribution is -2.22. The van der Waals surface area contributed by atoms with Crippen LogP contribution in [0.3, 0.4) is 0 Å². The molecule has 0 spiro atoms. The predicted octanol–water partition coefficient (Wildman–Crippen LogP) is 4.10. The standard InChI is InChI=1S/C21H25N5O2S/c1-4-25(5-2)17-10-8-16(9-11-17)22-19(27)14-26-20(23-24-21(26)29)15-6-12-18(28-3)13-7-15/h6-13H,4-5,14H2,1-3H3,(H,22,27)(H,24,29). The molecule has 0 radical (unpaired) electrons. The average Bonchev–Trinajstić information content (AvgIpc) is 3.10. The van der Waals surface area contributed by atoms with Crippen LogP contribution in [-0.2, 0) is 11.3 Å². The molecule has 1 amide bonds. The molecule has 2 aromatic carbocycles. The molecule has 0 unspecified atom stereocenters. The maximum Gasteiger partial charge on any atom is 0.244 e. The van der Waals surface area contributed by atoms with Crippen LogP contribution in [-0.4, -0.2) is 40.9 Å². The van der Waals surface area contributed by atoms with Crippen molar-refractivity contribution in [2.75, 3.05) is 30.4 Å². The first-order valence-electron chi connectivity index (χ1n) is 9.50. The van der Waals surface area contributed by atoms with E-state index in [4.69, 9.17) is 17.0 Å². The van der Waals surface area contributed by atoms with E-state index in [-0.39, 0.29) is 12.5 Å². The summed E-state index contributed by atoms with van der Waals surface area (Å²) in [6, 6.07) is 15.3. The van der Waals surface area contributed by atoms with Gasteiger partial charge in [0.15, 0.2) is 10.6 Å². The van der Waals surface area contributed by atoms with E-state index in [9.17, 15) is 4.79 Å². The summed E-state index contributed by atoms with van der Waals surface area (Å²) >= 11 is 5.31. The molecule has 3 rings (SSSR count). The molecule has 0 bridgehead atoms. The zero-order valence-corrected chi connectivity index (χ0v) is 17.6. The average molecular weight is 412 g/mol. The van der Waals surface area contributed by atoms with Crippen molar-refractivity contribution in [2.45, 2.75) is 20.4 Å². The molecular formula is C21H25N5O2S. The molecule has 0 fully saturated rings. The monoisotopic (exact) mass is 411 g/mol. The van der Waals surface area contributed by atoms with Gasteiger partial charge in [0.05, 0.1) is 7.11 Å². The number of carbonyl (C=O) groups is 1. The Labute approximate surface area is 175 Å². The molecule has 0 aliphatic rings. The van der Waals surface area contributed by atoms with Gasteiger partial charge in [-0.25, -0.2) is 0 Å². The fourth-order valence-corrected chi connectivity index (χ4v) is 3.31. The molecule has 7 nitrogen and oxygen atoms in total. The summed E-state index contributed by atoms with van der Waals surface area (Å²) in [4.78, 5) is 14.8. The third kappa shape index (κ3) is 4.83. The number of aromatic amines is 1. The van der Waals surface area contributed by atoms with Gasteiger partial charge in [0.25, 0.3) is 0 Å². The van der Waals surface area contributed by atoms with Crippen molar-refractivity contribution in [3.05, 3.63) is 53.3 Å². The Balaban J connectivity index is 1.72. The number of H-pyrrole nitrogens is 1. The molecule has 0 aliphatic carbocycles. The highest BCUT2D eigenvalue weighted by atomic mass is 32.1. The Morgan fingerprint density at radius 3 is 2.38 bits per heavy atom. The minimum atomic E-state index is -0.173. The second kappa shape index (κ2) is 9.38. The van der Waals surface area contributed by atoms with Gasteiger partial charge in [-0.3, -0.25) is 14.5 Å². The Morgan fingerprint density at radius 1 is 1.14 bits per heavy atom. The molecule has 0 atom stereocenters. The third-order valence-electron chi connectivity index (χ3n) is 4.69. The summed E-state index contributed by atoms with van der Waals surface area (Å²) in [5.41, 5.74) is 2.72. The highest BCUT2D eigenvalue weighted by molar-refractivity contribution is 7.71. The number of amides is 1. The van der Waals surface area contributed by atoms with Crippen molar-refractivity contribution < 1.29 is 9.53 Å². The largest absolute Gasteiger partial charge is 0.497 e. The Morgan fingerprint density at radius 2 is 1.79 bits per heavy atom. The van der Waals surface area contributed by atoms with E-state index >= 15 is 0 Å². The van der Waals surface area contributed by atoms with Crippen LogP contribution >= 0.6 is 12.2 Å². The summed E-state index contributed by atoms with van der Waals surface area (Å²) in [6.45, 7) is 6.18. The molecule has 1 aromatic heterocycles. The van der Waals surface area contributed by atoms with Crippen molar-refractivity contribution >= 4 is 29.5 Å². The first kappa shape index (κ1) is 20.6. The van der Waals surface area contributed by atoms with Crippen molar-refractivity contribution in [2.24, 2.45) is 0 Å². The minimum Gasteiger partial charge on any atom is -0.497 e. The van der Waals surface area contributed by atoms with Crippen LogP contribution in [0.15, 0.2) is 48.5 Å². The van der Waals surface area contributed by atoms with Gasteiger partial charge in [0.1, 0.15) is 12.3 Å². The van der Waals surface area contributed by atoms with Gasteiger partial charge < -0.3 is 15.0 Å². The molecular weight excluding hydrogens is 386 g/mol. The van der Waals surface area contributed by atoms with Gasteiger partial charge in [-0.2, -0.15) is 5.10 Å². The van der Waals surface area contributed by atoms with E-state index in [1.54, 1.807) is 11.7 Å². The van der Waals surface area contributed by atoms with Crippen molar-refractivity contribution in [3.8, 4) is 17.1 Å². The Kier molecular flexibility index (Phi) is 6.66. The topological polar surface area (TPSA) is 75.2 Å². The van der Waals surface area contributed by atoms with Gasteiger partial charge >= 0.3 is 0 Å². The lowest BCUT2D eigenvalue weighted by Gasteiger charge is -2.21. The van der Waals surface area contributed by atoms with E-state index in [1.807, 2.05) is 48.5 Å². The quantitative estimate of drug-likeness (QED) is 0.546. The predicted molar refractivity (Wildman–Crippen MR) is 118 cm³/mol. The van der Waals surface area contributed by atoms with Crippen LogP contribution in [0.4, 0.5) is 11.4 Å². The summed E-state index contributed by atoms with van der Waals surface area (Å²) < 4.78 is 7.25. The SMILES string of the molecule is CCN(CC)c1ccc(NC(=O)Cn2c(-c3ccc(OC)cc3)n[nH]c2=S)cc1. The lowest BCUT2D eigenvalue weighted by atomic mass is 10.2. The number of benzene rings is 2. The third-order valence-corrected chi connectivity index (χ3v) is 5.00. The number of hydrogen-bond acceptors (Lipinski definition) is 5. The van der Waals surface area contributed by atoms with E-state index in [0.29, 0.717) is 10.6 Å². The molecule has 2 N–H and O–H groups in total. The summed E-state index contributed by atoms with van der Waals surface area (Å²) in [5, 5.41) is 9.96. The maximum absolute atomic E-state index is 12.6. The lowest BCUT2D eigenvalue weighted by molar-refractivity contribution is -0.116.